The molecule has 1 aromatic rings. The van der Waals surface area contributed by atoms with Gasteiger partial charge in [-0.05, 0) is 13.2 Å². The van der Waals surface area contributed by atoms with Crippen LogP contribution in [-0.2, 0) is 16.6 Å². The first-order chi connectivity index (χ1) is 7.92. The summed E-state index contributed by atoms with van der Waals surface area (Å²) in [6, 6.07) is 0. The first-order valence-corrected chi connectivity index (χ1v) is 7.95. The van der Waals surface area contributed by atoms with Crippen LogP contribution in [0.2, 0.25) is 0 Å². The normalized spacial score (nSPS) is 13.9. The standard InChI is InChI=1S/C9H18N4O2S2/c1-6(16-3)5-11-17(14,15)9-8(4-10)7(2)12-13-9/h6,11H,4-5,10H2,1-3H3,(H,12,13). The van der Waals surface area contributed by atoms with Crippen molar-refractivity contribution in [2.45, 2.75) is 30.7 Å². The predicted octanol–water partition coefficient (Wildman–Crippen LogP) is 0.207. The number of rotatable bonds is 6. The Morgan fingerprint density at radius 3 is 2.76 bits per heavy atom. The van der Waals surface area contributed by atoms with Crippen molar-refractivity contribution in [1.82, 2.24) is 14.9 Å². The van der Waals surface area contributed by atoms with Gasteiger partial charge in [0.25, 0.3) is 10.0 Å². The Labute approximate surface area is 106 Å². The molecule has 0 aliphatic heterocycles. The van der Waals surface area contributed by atoms with Crippen molar-refractivity contribution in [1.29, 1.82) is 0 Å². The monoisotopic (exact) mass is 278 g/mol. The van der Waals surface area contributed by atoms with Crippen molar-refractivity contribution >= 4 is 21.8 Å². The number of hydrogen-bond acceptors (Lipinski definition) is 5. The number of H-pyrrole nitrogens is 1. The number of nitrogens with one attached hydrogen (secondary N) is 2. The van der Waals surface area contributed by atoms with E-state index in [1.54, 1.807) is 18.7 Å². The Morgan fingerprint density at radius 1 is 1.59 bits per heavy atom. The summed E-state index contributed by atoms with van der Waals surface area (Å²) in [4.78, 5) is 0. The fourth-order valence-electron chi connectivity index (χ4n) is 1.27. The number of aryl methyl sites for hydroxylation is 1. The van der Waals surface area contributed by atoms with Gasteiger partial charge in [0.15, 0.2) is 5.03 Å². The van der Waals surface area contributed by atoms with Crippen molar-refractivity contribution < 1.29 is 8.42 Å². The highest BCUT2D eigenvalue weighted by molar-refractivity contribution is 7.99. The minimum atomic E-state index is -3.57. The van der Waals surface area contributed by atoms with Crippen LogP contribution in [0, 0.1) is 6.92 Å². The smallest absolute Gasteiger partial charge is 0.260 e. The van der Waals surface area contributed by atoms with E-state index < -0.39 is 10.0 Å². The van der Waals surface area contributed by atoms with Crippen LogP contribution in [0.1, 0.15) is 18.2 Å². The average Bonchev–Trinajstić information content (AvgIpc) is 2.68. The molecule has 0 fully saturated rings. The number of sulfonamides is 1. The molecule has 98 valence electrons. The van der Waals surface area contributed by atoms with Gasteiger partial charge < -0.3 is 5.73 Å². The van der Waals surface area contributed by atoms with Gasteiger partial charge in [-0.1, -0.05) is 6.92 Å². The predicted molar refractivity (Wildman–Crippen MR) is 69.4 cm³/mol. The highest BCUT2D eigenvalue weighted by Crippen LogP contribution is 2.15. The fraction of sp³-hybridized carbons (Fsp3) is 0.667. The highest BCUT2D eigenvalue weighted by Gasteiger charge is 2.23. The molecule has 0 aromatic carbocycles. The van der Waals surface area contributed by atoms with Gasteiger partial charge in [0, 0.05) is 29.6 Å². The third kappa shape index (κ3) is 3.44. The van der Waals surface area contributed by atoms with E-state index in [9.17, 15) is 8.42 Å². The van der Waals surface area contributed by atoms with Crippen LogP contribution in [0.15, 0.2) is 5.03 Å². The summed E-state index contributed by atoms with van der Waals surface area (Å²) in [6.07, 6.45) is 1.93. The molecule has 1 aromatic heterocycles. The Kier molecular flexibility index (Phi) is 4.99. The number of aromatic nitrogens is 2. The Bertz CT molecular complexity index is 469. The first kappa shape index (κ1) is 14.5. The summed E-state index contributed by atoms with van der Waals surface area (Å²) >= 11 is 1.60. The summed E-state index contributed by atoms with van der Waals surface area (Å²) in [5, 5.41) is 6.66. The van der Waals surface area contributed by atoms with E-state index >= 15 is 0 Å². The molecular formula is C9H18N4O2S2. The van der Waals surface area contributed by atoms with Gasteiger partial charge in [0.1, 0.15) is 0 Å². The second-order valence-electron chi connectivity index (χ2n) is 3.73. The third-order valence-electron chi connectivity index (χ3n) is 2.46. The van der Waals surface area contributed by atoms with Crippen LogP contribution >= 0.6 is 11.8 Å². The maximum absolute atomic E-state index is 12.0. The number of nitrogens with two attached hydrogens (primary N) is 1. The van der Waals surface area contributed by atoms with Gasteiger partial charge in [0.05, 0.1) is 0 Å². The zero-order valence-corrected chi connectivity index (χ0v) is 11.8. The third-order valence-corrected chi connectivity index (χ3v) is 4.82. The van der Waals surface area contributed by atoms with E-state index in [0.29, 0.717) is 17.8 Å². The van der Waals surface area contributed by atoms with Crippen LogP contribution in [-0.4, -0.2) is 36.7 Å². The van der Waals surface area contributed by atoms with Crippen LogP contribution in [0.4, 0.5) is 0 Å². The topological polar surface area (TPSA) is 101 Å². The van der Waals surface area contributed by atoms with Crippen LogP contribution in [0.5, 0.6) is 0 Å². The van der Waals surface area contributed by atoms with Gasteiger partial charge in [-0.2, -0.15) is 16.9 Å². The van der Waals surface area contributed by atoms with E-state index in [-0.39, 0.29) is 16.8 Å². The number of nitrogens with zero attached hydrogens (tertiary/aromatic N) is 1. The maximum atomic E-state index is 12.0. The first-order valence-electron chi connectivity index (χ1n) is 5.18. The fourth-order valence-corrected chi connectivity index (χ4v) is 2.96. The van der Waals surface area contributed by atoms with Crippen molar-refractivity contribution in [2.75, 3.05) is 12.8 Å². The zero-order valence-electron chi connectivity index (χ0n) is 10.1. The lowest BCUT2D eigenvalue weighted by molar-refractivity contribution is 0.575. The largest absolute Gasteiger partial charge is 0.326 e. The maximum Gasteiger partial charge on any atom is 0.260 e. The number of aromatic amines is 1. The minimum absolute atomic E-state index is 0.00537. The molecular weight excluding hydrogens is 260 g/mol. The molecule has 0 spiro atoms. The quantitative estimate of drug-likeness (QED) is 0.690. The second-order valence-corrected chi connectivity index (χ2v) is 6.69. The summed E-state index contributed by atoms with van der Waals surface area (Å²) in [5.41, 5.74) is 6.74. The van der Waals surface area contributed by atoms with Gasteiger partial charge in [-0.25, -0.2) is 13.1 Å². The summed E-state index contributed by atoms with van der Waals surface area (Å²) in [6.45, 7) is 4.22. The molecule has 1 atom stereocenters. The molecule has 8 heteroatoms. The van der Waals surface area contributed by atoms with Crippen LogP contribution in [0.3, 0.4) is 0 Å². The number of hydrogen-bond donors (Lipinski definition) is 3. The van der Waals surface area contributed by atoms with E-state index in [4.69, 9.17) is 5.73 Å². The molecule has 6 nitrogen and oxygen atoms in total. The zero-order chi connectivity index (χ0) is 13.1. The lowest BCUT2D eigenvalue weighted by atomic mass is 10.3. The van der Waals surface area contributed by atoms with Crippen molar-refractivity contribution in [2.24, 2.45) is 5.73 Å². The van der Waals surface area contributed by atoms with E-state index in [1.165, 1.54) is 0 Å². The summed E-state index contributed by atoms with van der Waals surface area (Å²) < 4.78 is 26.5. The highest BCUT2D eigenvalue weighted by atomic mass is 32.2. The molecule has 0 amide bonds. The molecule has 0 bridgehead atoms. The molecule has 0 radical (unpaired) electrons. The van der Waals surface area contributed by atoms with Gasteiger partial charge >= 0.3 is 0 Å². The molecule has 1 rings (SSSR count). The lowest BCUT2D eigenvalue weighted by Gasteiger charge is -2.09. The van der Waals surface area contributed by atoms with Gasteiger partial charge in [-0.15, -0.1) is 0 Å². The second kappa shape index (κ2) is 5.85. The van der Waals surface area contributed by atoms with E-state index in [1.807, 2.05) is 13.2 Å². The summed E-state index contributed by atoms with van der Waals surface area (Å²) in [5.74, 6) is 0. The molecule has 1 heterocycles. The summed E-state index contributed by atoms with van der Waals surface area (Å²) in [7, 11) is -3.57. The molecule has 4 N–H and O–H groups in total. The Balaban J connectivity index is 2.90. The Hall–Kier alpha value is -0.570. The number of thioether (sulfide) groups is 1. The molecule has 0 saturated heterocycles. The lowest BCUT2D eigenvalue weighted by Crippen LogP contribution is -2.30. The van der Waals surface area contributed by atoms with Crippen LogP contribution in [0.25, 0.3) is 0 Å². The molecule has 0 aliphatic carbocycles. The molecule has 0 saturated carbocycles. The van der Waals surface area contributed by atoms with Crippen molar-refractivity contribution in [3.63, 3.8) is 0 Å². The van der Waals surface area contributed by atoms with E-state index in [2.05, 4.69) is 14.9 Å². The molecule has 0 aliphatic rings. The average molecular weight is 278 g/mol. The van der Waals surface area contributed by atoms with Gasteiger partial charge in [-0.3, -0.25) is 5.10 Å². The SMILES string of the molecule is CSC(C)CNS(=O)(=O)c1n[nH]c(C)c1CN. The minimum Gasteiger partial charge on any atom is -0.326 e. The molecule has 1 unspecified atom stereocenters. The van der Waals surface area contributed by atoms with Crippen molar-refractivity contribution in [3.8, 4) is 0 Å². The van der Waals surface area contributed by atoms with Crippen LogP contribution < -0.4 is 10.5 Å². The van der Waals surface area contributed by atoms with E-state index in [0.717, 1.165) is 0 Å². The Morgan fingerprint density at radius 2 is 2.24 bits per heavy atom. The van der Waals surface area contributed by atoms with Gasteiger partial charge in [0.2, 0.25) is 0 Å². The molecule has 17 heavy (non-hydrogen) atoms. The van der Waals surface area contributed by atoms with Crippen molar-refractivity contribution in [3.05, 3.63) is 11.3 Å².